The molecule has 0 aliphatic rings. The average molecular weight is 271 g/mol. The van der Waals surface area contributed by atoms with Crippen LogP contribution in [0.15, 0.2) is 30.9 Å². The Bertz CT molecular complexity index is 541. The average Bonchev–Trinajstić information content (AvgIpc) is 2.48. The minimum Gasteiger partial charge on any atom is -0.373 e. The molecule has 106 valence electrons. The summed E-state index contributed by atoms with van der Waals surface area (Å²) in [4.78, 5) is 15.1. The van der Waals surface area contributed by atoms with Gasteiger partial charge < -0.3 is 10.2 Å². The Hall–Kier alpha value is -2.17. The number of rotatable bonds is 6. The third kappa shape index (κ3) is 3.23. The number of hydrogen-bond acceptors (Lipinski definition) is 5. The van der Waals surface area contributed by atoms with Crippen molar-refractivity contribution in [2.24, 2.45) is 0 Å². The number of hydrogen-bond donors (Lipinski definition) is 1. The van der Waals surface area contributed by atoms with Gasteiger partial charge in [0.1, 0.15) is 18.0 Å². The summed E-state index contributed by atoms with van der Waals surface area (Å²) in [6, 6.07) is 4.03. The van der Waals surface area contributed by atoms with E-state index in [1.165, 1.54) is 11.1 Å². The molecule has 5 heteroatoms. The highest BCUT2D eigenvalue weighted by atomic mass is 15.2. The van der Waals surface area contributed by atoms with Crippen LogP contribution >= 0.6 is 0 Å². The van der Waals surface area contributed by atoms with E-state index in [4.69, 9.17) is 0 Å². The van der Waals surface area contributed by atoms with Crippen LogP contribution in [0.25, 0.3) is 0 Å². The van der Waals surface area contributed by atoms with Crippen LogP contribution in [-0.4, -0.2) is 29.0 Å². The van der Waals surface area contributed by atoms with Gasteiger partial charge >= 0.3 is 0 Å². The van der Waals surface area contributed by atoms with E-state index in [0.29, 0.717) is 0 Å². The lowest BCUT2D eigenvalue weighted by atomic mass is 10.1. The van der Waals surface area contributed by atoms with Crippen molar-refractivity contribution in [3.8, 4) is 0 Å². The van der Waals surface area contributed by atoms with Crippen molar-refractivity contribution in [2.75, 3.05) is 24.3 Å². The normalized spacial score (nSPS) is 10.3. The van der Waals surface area contributed by atoms with E-state index in [9.17, 15) is 0 Å². The maximum absolute atomic E-state index is 4.46. The highest BCUT2D eigenvalue weighted by molar-refractivity contribution is 5.58. The van der Waals surface area contributed by atoms with E-state index in [-0.39, 0.29) is 0 Å². The minimum absolute atomic E-state index is 0.782. The summed E-state index contributed by atoms with van der Waals surface area (Å²) in [5.74, 6) is 1.89. The first-order valence-corrected chi connectivity index (χ1v) is 6.88. The topological polar surface area (TPSA) is 53.9 Å². The molecule has 2 rings (SSSR count). The van der Waals surface area contributed by atoms with Crippen LogP contribution < -0.4 is 10.2 Å². The molecule has 0 aliphatic heterocycles. The molecule has 0 saturated carbocycles. The van der Waals surface area contributed by atoms with E-state index in [1.807, 2.05) is 26.4 Å². The van der Waals surface area contributed by atoms with Crippen molar-refractivity contribution in [1.82, 2.24) is 15.0 Å². The number of nitrogens with one attached hydrogen (secondary N) is 1. The fourth-order valence-corrected chi connectivity index (χ4v) is 2.27. The number of pyridine rings is 1. The van der Waals surface area contributed by atoms with Crippen LogP contribution in [0.5, 0.6) is 0 Å². The van der Waals surface area contributed by atoms with Crippen LogP contribution in [0.2, 0.25) is 0 Å². The fourth-order valence-electron chi connectivity index (χ4n) is 2.27. The van der Waals surface area contributed by atoms with Gasteiger partial charge in [0.25, 0.3) is 0 Å². The molecule has 0 amide bonds. The molecule has 2 heterocycles. The predicted octanol–water partition coefficient (Wildman–Crippen LogP) is 2.50. The van der Waals surface area contributed by atoms with E-state index in [1.54, 1.807) is 12.5 Å². The zero-order valence-corrected chi connectivity index (χ0v) is 12.3. The van der Waals surface area contributed by atoms with Crippen molar-refractivity contribution >= 4 is 11.6 Å². The van der Waals surface area contributed by atoms with Gasteiger partial charge in [-0.25, -0.2) is 9.97 Å². The Kier molecular flexibility index (Phi) is 4.87. The SMILES string of the molecule is CCCc1c(NC)ncnc1N(C)Cc1cccnc1. The molecule has 0 radical (unpaired) electrons. The molecule has 0 fully saturated rings. The highest BCUT2D eigenvalue weighted by Gasteiger charge is 2.13. The molecular weight excluding hydrogens is 250 g/mol. The fraction of sp³-hybridized carbons (Fsp3) is 0.400. The second-order valence-corrected chi connectivity index (χ2v) is 4.74. The monoisotopic (exact) mass is 271 g/mol. The summed E-state index contributed by atoms with van der Waals surface area (Å²) < 4.78 is 0. The minimum atomic E-state index is 0.782. The lowest BCUT2D eigenvalue weighted by Crippen LogP contribution is -2.20. The molecule has 2 aromatic rings. The van der Waals surface area contributed by atoms with Gasteiger partial charge in [0.15, 0.2) is 0 Å². The molecular formula is C15H21N5. The third-order valence-corrected chi connectivity index (χ3v) is 3.16. The second-order valence-electron chi connectivity index (χ2n) is 4.74. The molecule has 2 aromatic heterocycles. The van der Waals surface area contributed by atoms with Crippen LogP contribution in [0.3, 0.4) is 0 Å². The standard InChI is InChI=1S/C15H21N5/c1-4-6-13-14(16-2)18-11-19-15(13)20(3)10-12-7-5-8-17-9-12/h5,7-9,11H,4,6,10H2,1-3H3,(H,16,18,19). The van der Waals surface area contributed by atoms with Gasteiger partial charge in [-0.3, -0.25) is 4.98 Å². The molecule has 0 spiro atoms. The van der Waals surface area contributed by atoms with E-state index in [2.05, 4.69) is 38.2 Å². The number of anilines is 2. The first-order chi connectivity index (χ1) is 9.76. The van der Waals surface area contributed by atoms with E-state index >= 15 is 0 Å². The Balaban J connectivity index is 2.26. The molecule has 0 aromatic carbocycles. The van der Waals surface area contributed by atoms with Crippen molar-refractivity contribution in [3.63, 3.8) is 0 Å². The summed E-state index contributed by atoms with van der Waals surface area (Å²) >= 11 is 0. The summed E-state index contributed by atoms with van der Waals surface area (Å²) in [6.07, 6.45) is 7.31. The molecule has 0 bridgehead atoms. The van der Waals surface area contributed by atoms with Crippen LogP contribution in [0.1, 0.15) is 24.5 Å². The van der Waals surface area contributed by atoms with Gasteiger partial charge in [-0.2, -0.15) is 0 Å². The van der Waals surface area contributed by atoms with Crippen LogP contribution in [0, 0.1) is 0 Å². The van der Waals surface area contributed by atoms with Gasteiger partial charge in [-0.05, 0) is 18.1 Å². The molecule has 20 heavy (non-hydrogen) atoms. The van der Waals surface area contributed by atoms with Gasteiger partial charge in [0.05, 0.1) is 0 Å². The predicted molar refractivity (Wildman–Crippen MR) is 81.9 cm³/mol. The molecule has 5 nitrogen and oxygen atoms in total. The lowest BCUT2D eigenvalue weighted by Gasteiger charge is -2.22. The highest BCUT2D eigenvalue weighted by Crippen LogP contribution is 2.24. The molecule has 0 aliphatic carbocycles. The van der Waals surface area contributed by atoms with Gasteiger partial charge in [0.2, 0.25) is 0 Å². The summed E-state index contributed by atoms with van der Waals surface area (Å²) in [5.41, 5.74) is 2.34. The summed E-state index contributed by atoms with van der Waals surface area (Å²) in [6.45, 7) is 2.95. The molecule has 1 N–H and O–H groups in total. The Morgan fingerprint density at radius 1 is 1.30 bits per heavy atom. The van der Waals surface area contributed by atoms with Crippen molar-refractivity contribution < 1.29 is 0 Å². The number of nitrogens with zero attached hydrogens (tertiary/aromatic N) is 4. The van der Waals surface area contributed by atoms with Gasteiger partial charge in [-0.1, -0.05) is 19.4 Å². The maximum Gasteiger partial charge on any atom is 0.137 e. The Morgan fingerprint density at radius 3 is 2.80 bits per heavy atom. The van der Waals surface area contributed by atoms with Gasteiger partial charge in [0, 0.05) is 38.6 Å². The molecule has 0 atom stereocenters. The quantitative estimate of drug-likeness (QED) is 0.875. The lowest BCUT2D eigenvalue weighted by molar-refractivity contribution is 0.841. The smallest absolute Gasteiger partial charge is 0.137 e. The van der Waals surface area contributed by atoms with E-state index in [0.717, 1.165) is 31.0 Å². The summed E-state index contributed by atoms with van der Waals surface area (Å²) in [5, 5.41) is 3.15. The number of aromatic nitrogens is 3. The third-order valence-electron chi connectivity index (χ3n) is 3.16. The van der Waals surface area contributed by atoms with Crippen molar-refractivity contribution in [3.05, 3.63) is 42.0 Å². The Morgan fingerprint density at radius 2 is 2.15 bits per heavy atom. The largest absolute Gasteiger partial charge is 0.373 e. The summed E-state index contributed by atoms with van der Waals surface area (Å²) in [7, 11) is 3.94. The second kappa shape index (κ2) is 6.84. The van der Waals surface area contributed by atoms with Crippen LogP contribution in [0.4, 0.5) is 11.6 Å². The van der Waals surface area contributed by atoms with Gasteiger partial charge in [-0.15, -0.1) is 0 Å². The molecule has 0 saturated heterocycles. The maximum atomic E-state index is 4.46. The zero-order chi connectivity index (χ0) is 14.4. The first kappa shape index (κ1) is 14.2. The Labute approximate surface area is 120 Å². The zero-order valence-electron chi connectivity index (χ0n) is 12.3. The van der Waals surface area contributed by atoms with Crippen molar-refractivity contribution in [2.45, 2.75) is 26.3 Å². The van der Waals surface area contributed by atoms with Crippen molar-refractivity contribution in [1.29, 1.82) is 0 Å². The molecule has 0 unspecified atom stereocenters. The van der Waals surface area contributed by atoms with E-state index < -0.39 is 0 Å². The van der Waals surface area contributed by atoms with Crippen LogP contribution in [-0.2, 0) is 13.0 Å². The first-order valence-electron chi connectivity index (χ1n) is 6.88.